The minimum absolute atomic E-state index is 0.187. The molecular weight excluding hydrogens is 374 g/mol. The number of aromatic nitrogens is 2. The highest BCUT2D eigenvalue weighted by Gasteiger charge is 2.23. The Kier molecular flexibility index (Phi) is 5.56. The summed E-state index contributed by atoms with van der Waals surface area (Å²) in [5.41, 5.74) is 1.97. The number of rotatable bonds is 5. The number of hydrogen-bond acceptors (Lipinski definition) is 5. The fourth-order valence-corrected chi connectivity index (χ4v) is 4.04. The van der Waals surface area contributed by atoms with Crippen LogP contribution in [0.25, 0.3) is 10.1 Å². The van der Waals surface area contributed by atoms with Crippen molar-refractivity contribution in [2.24, 2.45) is 0 Å². The maximum Gasteiger partial charge on any atom is 0.348 e. The Labute approximate surface area is 168 Å². The van der Waals surface area contributed by atoms with E-state index in [-0.39, 0.29) is 17.4 Å². The molecule has 0 aliphatic heterocycles. The Morgan fingerprint density at radius 2 is 1.96 bits per heavy atom. The molecule has 0 aliphatic carbocycles. The second-order valence-electron chi connectivity index (χ2n) is 7.48. The molecule has 0 aliphatic rings. The van der Waals surface area contributed by atoms with Gasteiger partial charge in [-0.1, -0.05) is 6.92 Å². The van der Waals surface area contributed by atoms with Crippen molar-refractivity contribution in [1.82, 2.24) is 9.78 Å². The lowest BCUT2D eigenvalue weighted by Gasteiger charge is -2.22. The Hall–Kier alpha value is -2.67. The molecule has 148 valence electrons. The fourth-order valence-electron chi connectivity index (χ4n) is 3.10. The van der Waals surface area contributed by atoms with Crippen LogP contribution in [0, 0.1) is 0 Å². The smallest absolute Gasteiger partial charge is 0.348 e. The minimum atomic E-state index is -0.323. The highest BCUT2D eigenvalue weighted by molar-refractivity contribution is 7.20. The van der Waals surface area contributed by atoms with Crippen molar-refractivity contribution in [2.75, 3.05) is 11.9 Å². The Morgan fingerprint density at radius 1 is 1.21 bits per heavy atom. The topological polar surface area (TPSA) is 73.2 Å². The van der Waals surface area contributed by atoms with Gasteiger partial charge in [0.15, 0.2) is 0 Å². The van der Waals surface area contributed by atoms with Gasteiger partial charge in [0.1, 0.15) is 4.88 Å². The van der Waals surface area contributed by atoms with E-state index in [0.717, 1.165) is 15.8 Å². The second kappa shape index (κ2) is 7.75. The molecule has 2 aromatic heterocycles. The summed E-state index contributed by atoms with van der Waals surface area (Å²) in [6, 6.07) is 7.40. The maximum absolute atomic E-state index is 12.8. The van der Waals surface area contributed by atoms with Crippen molar-refractivity contribution in [2.45, 2.75) is 46.6 Å². The molecule has 0 atom stereocenters. The number of benzene rings is 1. The molecule has 3 rings (SSSR count). The summed E-state index contributed by atoms with van der Waals surface area (Å²) in [4.78, 5) is 25.3. The van der Waals surface area contributed by atoms with Crippen LogP contribution < -0.4 is 5.32 Å². The van der Waals surface area contributed by atoms with Gasteiger partial charge in [-0.25, -0.2) is 4.79 Å². The average molecular weight is 400 g/mol. The summed E-state index contributed by atoms with van der Waals surface area (Å²) >= 11 is 1.38. The fraction of sp³-hybridized carbons (Fsp3) is 0.381. The van der Waals surface area contributed by atoms with E-state index in [1.54, 1.807) is 19.2 Å². The number of thiophene rings is 1. The molecule has 3 aromatic rings. The number of carbonyl (C=O) groups excluding carboxylic acids is 2. The first-order valence-corrected chi connectivity index (χ1v) is 10.2. The van der Waals surface area contributed by atoms with Gasteiger partial charge in [-0.15, -0.1) is 11.3 Å². The van der Waals surface area contributed by atoms with Crippen LogP contribution in [-0.2, 0) is 16.7 Å². The lowest BCUT2D eigenvalue weighted by molar-refractivity contribution is 0.0532. The number of ether oxygens (including phenoxy) is 1. The molecule has 0 saturated carbocycles. The summed E-state index contributed by atoms with van der Waals surface area (Å²) in [6.07, 6.45) is 2.34. The molecule has 2 heterocycles. The first-order chi connectivity index (χ1) is 13.2. The third-order valence-electron chi connectivity index (χ3n) is 4.33. The van der Waals surface area contributed by atoms with Gasteiger partial charge in [-0.3, -0.25) is 9.48 Å². The molecule has 0 bridgehead atoms. The molecule has 0 radical (unpaired) electrons. The summed E-state index contributed by atoms with van der Waals surface area (Å²) < 4.78 is 7.92. The van der Waals surface area contributed by atoms with Crippen LogP contribution in [0.3, 0.4) is 0 Å². The van der Waals surface area contributed by atoms with Crippen molar-refractivity contribution < 1.29 is 14.3 Å². The van der Waals surface area contributed by atoms with Gasteiger partial charge in [0.25, 0.3) is 5.91 Å². The standard InChI is InChI=1S/C21H25N3O3S/c1-6-16-15(12-22-24(16)21(3,4)5)19(25)23-14-8-9-17-13(10-14)11-18(28-17)20(26)27-7-2/h8-12H,6-7H2,1-5H3,(H,23,25). The van der Waals surface area contributed by atoms with Crippen molar-refractivity contribution in [1.29, 1.82) is 0 Å². The van der Waals surface area contributed by atoms with Crippen LogP contribution in [0.4, 0.5) is 5.69 Å². The third-order valence-corrected chi connectivity index (χ3v) is 5.43. The van der Waals surface area contributed by atoms with E-state index in [1.807, 2.05) is 29.8 Å². The number of amides is 1. The number of nitrogens with one attached hydrogen (secondary N) is 1. The molecule has 0 saturated heterocycles. The Bertz CT molecular complexity index is 1030. The number of carbonyl (C=O) groups is 2. The Morgan fingerprint density at radius 3 is 2.61 bits per heavy atom. The number of esters is 1. The SMILES string of the molecule is CCOC(=O)c1cc2cc(NC(=O)c3cnn(C(C)(C)C)c3CC)ccc2s1. The summed E-state index contributed by atoms with van der Waals surface area (Å²) in [7, 11) is 0. The van der Waals surface area contributed by atoms with Crippen molar-refractivity contribution in [3.05, 3.63) is 46.6 Å². The molecule has 1 aromatic carbocycles. The molecule has 0 fully saturated rings. The average Bonchev–Trinajstić information content (AvgIpc) is 3.25. The van der Waals surface area contributed by atoms with Gasteiger partial charge < -0.3 is 10.1 Å². The molecule has 0 unspecified atom stereocenters. The van der Waals surface area contributed by atoms with E-state index in [0.29, 0.717) is 29.2 Å². The number of fused-ring (bicyclic) bond motifs is 1. The van der Waals surface area contributed by atoms with Gasteiger partial charge in [-0.05, 0) is 63.8 Å². The van der Waals surface area contributed by atoms with Crippen LogP contribution in [0.15, 0.2) is 30.5 Å². The number of hydrogen-bond donors (Lipinski definition) is 1. The molecule has 6 nitrogen and oxygen atoms in total. The number of anilines is 1. The van der Waals surface area contributed by atoms with E-state index in [1.165, 1.54) is 11.3 Å². The predicted molar refractivity (Wildman–Crippen MR) is 112 cm³/mol. The van der Waals surface area contributed by atoms with Crippen LogP contribution in [0.1, 0.15) is 60.3 Å². The predicted octanol–water partition coefficient (Wildman–Crippen LogP) is 4.84. The lowest BCUT2D eigenvalue weighted by atomic mass is 10.1. The van der Waals surface area contributed by atoms with Crippen LogP contribution in [0.5, 0.6) is 0 Å². The first kappa shape index (κ1) is 20.1. The zero-order chi connectivity index (χ0) is 20.5. The van der Waals surface area contributed by atoms with Gasteiger partial charge in [0.2, 0.25) is 0 Å². The van der Waals surface area contributed by atoms with Crippen molar-refractivity contribution in [3.63, 3.8) is 0 Å². The van der Waals surface area contributed by atoms with Gasteiger partial charge in [0.05, 0.1) is 29.6 Å². The summed E-state index contributed by atoms with van der Waals surface area (Å²) in [5, 5.41) is 8.26. The van der Waals surface area contributed by atoms with E-state index < -0.39 is 0 Å². The largest absolute Gasteiger partial charge is 0.462 e. The van der Waals surface area contributed by atoms with E-state index in [2.05, 4.69) is 31.2 Å². The lowest BCUT2D eigenvalue weighted by Crippen LogP contribution is -2.26. The normalized spacial score (nSPS) is 11.6. The molecule has 7 heteroatoms. The van der Waals surface area contributed by atoms with Gasteiger partial charge in [-0.2, -0.15) is 5.10 Å². The van der Waals surface area contributed by atoms with Crippen LogP contribution >= 0.6 is 11.3 Å². The Balaban J connectivity index is 1.85. The quantitative estimate of drug-likeness (QED) is 0.623. The van der Waals surface area contributed by atoms with Crippen molar-refractivity contribution in [3.8, 4) is 0 Å². The summed E-state index contributed by atoms with van der Waals surface area (Å²) in [5.74, 6) is -0.510. The maximum atomic E-state index is 12.8. The van der Waals surface area contributed by atoms with Gasteiger partial charge in [0, 0.05) is 10.4 Å². The van der Waals surface area contributed by atoms with E-state index in [9.17, 15) is 9.59 Å². The molecule has 1 amide bonds. The van der Waals surface area contributed by atoms with Gasteiger partial charge >= 0.3 is 5.97 Å². The molecular formula is C21H25N3O3S. The third kappa shape index (κ3) is 3.94. The van der Waals surface area contributed by atoms with E-state index >= 15 is 0 Å². The summed E-state index contributed by atoms with van der Waals surface area (Å²) in [6.45, 7) is 10.3. The zero-order valence-electron chi connectivity index (χ0n) is 16.8. The minimum Gasteiger partial charge on any atom is -0.462 e. The zero-order valence-corrected chi connectivity index (χ0v) is 17.6. The monoisotopic (exact) mass is 399 g/mol. The molecule has 1 N–H and O–H groups in total. The van der Waals surface area contributed by atoms with Crippen molar-refractivity contribution >= 4 is 39.0 Å². The highest BCUT2D eigenvalue weighted by atomic mass is 32.1. The molecule has 0 spiro atoms. The second-order valence-corrected chi connectivity index (χ2v) is 8.56. The van der Waals surface area contributed by atoms with E-state index in [4.69, 9.17) is 4.74 Å². The highest BCUT2D eigenvalue weighted by Crippen LogP contribution is 2.29. The first-order valence-electron chi connectivity index (χ1n) is 9.34. The number of nitrogens with zero attached hydrogens (tertiary/aromatic N) is 2. The molecule has 28 heavy (non-hydrogen) atoms. The van der Waals surface area contributed by atoms with Crippen LogP contribution in [0.2, 0.25) is 0 Å². The van der Waals surface area contributed by atoms with Crippen LogP contribution in [-0.4, -0.2) is 28.3 Å².